The third kappa shape index (κ3) is 2.59. The van der Waals surface area contributed by atoms with Gasteiger partial charge < -0.3 is 5.11 Å². The lowest BCUT2D eigenvalue weighted by Gasteiger charge is -2.01. The number of phenols is 1. The molecule has 84 valence electrons. The zero-order valence-electron chi connectivity index (χ0n) is 9.10. The van der Waals surface area contributed by atoms with Crippen LogP contribution in [0.15, 0.2) is 29.4 Å². The maximum Gasteiger partial charge on any atom is 0.271 e. The van der Waals surface area contributed by atoms with Gasteiger partial charge in [0.15, 0.2) is 0 Å². The van der Waals surface area contributed by atoms with E-state index in [0.29, 0.717) is 11.5 Å². The van der Waals surface area contributed by atoms with Crippen molar-refractivity contribution in [3.05, 3.63) is 29.8 Å². The van der Waals surface area contributed by atoms with Crippen molar-refractivity contribution in [3.8, 4) is 5.75 Å². The normalized spacial score (nSPS) is 15.9. The lowest BCUT2D eigenvalue weighted by Crippen LogP contribution is -2.19. The van der Waals surface area contributed by atoms with Crippen molar-refractivity contribution in [1.82, 2.24) is 5.43 Å². The number of aromatic hydroxyl groups is 1. The van der Waals surface area contributed by atoms with Crippen LogP contribution in [0.3, 0.4) is 0 Å². The molecule has 0 spiro atoms. The molecule has 1 aliphatic rings. The van der Waals surface area contributed by atoms with Crippen LogP contribution >= 0.6 is 0 Å². The molecule has 1 aliphatic carbocycles. The third-order valence-electron chi connectivity index (χ3n) is 2.61. The summed E-state index contributed by atoms with van der Waals surface area (Å²) < 4.78 is 0. The van der Waals surface area contributed by atoms with E-state index in [1.54, 1.807) is 12.1 Å². The summed E-state index contributed by atoms with van der Waals surface area (Å²) in [4.78, 5) is 11.6. The summed E-state index contributed by atoms with van der Waals surface area (Å²) in [6.45, 7) is 1.92. The molecule has 0 aliphatic heterocycles. The molecule has 16 heavy (non-hydrogen) atoms. The lowest BCUT2D eigenvalue weighted by atomic mass is 10.2. The van der Waals surface area contributed by atoms with Crippen molar-refractivity contribution in [3.63, 3.8) is 0 Å². The molecule has 1 aromatic rings. The first-order valence-electron chi connectivity index (χ1n) is 5.30. The van der Waals surface area contributed by atoms with Crippen LogP contribution in [0.2, 0.25) is 0 Å². The first-order valence-corrected chi connectivity index (χ1v) is 5.30. The average molecular weight is 218 g/mol. The summed E-state index contributed by atoms with van der Waals surface area (Å²) in [7, 11) is 0. The third-order valence-corrected chi connectivity index (χ3v) is 2.61. The summed E-state index contributed by atoms with van der Waals surface area (Å²) >= 11 is 0. The number of phenolic OH excluding ortho intramolecular Hbond substituents is 1. The lowest BCUT2D eigenvalue weighted by molar-refractivity contribution is 0.0954. The van der Waals surface area contributed by atoms with E-state index in [9.17, 15) is 9.90 Å². The van der Waals surface area contributed by atoms with Crippen LogP contribution in [0.1, 0.15) is 30.1 Å². The Hall–Kier alpha value is -1.84. The van der Waals surface area contributed by atoms with Crippen LogP contribution in [0.25, 0.3) is 0 Å². The molecule has 0 aromatic heterocycles. The van der Waals surface area contributed by atoms with E-state index in [2.05, 4.69) is 10.5 Å². The number of carbonyl (C=O) groups excluding carboxylic acids is 1. The molecule has 2 N–H and O–H groups in total. The second kappa shape index (κ2) is 4.35. The quantitative estimate of drug-likeness (QED) is 0.601. The van der Waals surface area contributed by atoms with Gasteiger partial charge in [-0.2, -0.15) is 5.10 Å². The highest BCUT2D eigenvalue weighted by Crippen LogP contribution is 2.30. The highest BCUT2D eigenvalue weighted by Gasteiger charge is 2.24. The minimum absolute atomic E-state index is 0.0792. The van der Waals surface area contributed by atoms with Gasteiger partial charge in [0.05, 0.1) is 0 Å². The van der Waals surface area contributed by atoms with Crippen LogP contribution in [0, 0.1) is 5.92 Å². The average Bonchev–Trinajstić information content (AvgIpc) is 3.09. The zero-order valence-corrected chi connectivity index (χ0v) is 9.10. The van der Waals surface area contributed by atoms with Crippen molar-refractivity contribution >= 4 is 11.6 Å². The Morgan fingerprint density at radius 3 is 2.88 bits per heavy atom. The number of nitrogens with one attached hydrogen (secondary N) is 1. The van der Waals surface area contributed by atoms with Crippen molar-refractivity contribution in [2.45, 2.75) is 19.8 Å². The van der Waals surface area contributed by atoms with E-state index in [1.807, 2.05) is 6.92 Å². The van der Waals surface area contributed by atoms with Crippen molar-refractivity contribution in [2.24, 2.45) is 11.0 Å². The number of hydrogen-bond donors (Lipinski definition) is 2. The van der Waals surface area contributed by atoms with Gasteiger partial charge in [0, 0.05) is 11.3 Å². The van der Waals surface area contributed by atoms with Crippen molar-refractivity contribution in [2.75, 3.05) is 0 Å². The van der Waals surface area contributed by atoms with Crippen molar-refractivity contribution in [1.29, 1.82) is 0 Å². The van der Waals surface area contributed by atoms with E-state index in [-0.39, 0.29) is 11.7 Å². The zero-order chi connectivity index (χ0) is 11.5. The van der Waals surface area contributed by atoms with Gasteiger partial charge in [-0.3, -0.25) is 4.79 Å². The van der Waals surface area contributed by atoms with E-state index in [1.165, 1.54) is 12.1 Å². The maximum atomic E-state index is 11.6. The molecular formula is C12H14N2O2. The Labute approximate surface area is 94.0 Å². The number of amides is 1. The molecule has 4 heteroatoms. The summed E-state index contributed by atoms with van der Waals surface area (Å²) in [6.07, 6.45) is 2.33. The van der Waals surface area contributed by atoms with Crippen LogP contribution in [-0.4, -0.2) is 16.7 Å². The maximum absolute atomic E-state index is 11.6. The monoisotopic (exact) mass is 218 g/mol. The Morgan fingerprint density at radius 1 is 1.50 bits per heavy atom. The van der Waals surface area contributed by atoms with Gasteiger partial charge in [0.2, 0.25) is 0 Å². The predicted octanol–water partition coefficient (Wildman–Crippen LogP) is 1.91. The molecule has 1 fully saturated rings. The summed E-state index contributed by atoms with van der Waals surface area (Å²) in [5.74, 6) is 0.330. The highest BCUT2D eigenvalue weighted by molar-refractivity contribution is 5.96. The molecular weight excluding hydrogens is 204 g/mol. The largest absolute Gasteiger partial charge is 0.508 e. The molecule has 2 rings (SSSR count). The van der Waals surface area contributed by atoms with Crippen molar-refractivity contribution < 1.29 is 9.90 Å². The standard InChI is InChI=1S/C12H14N2O2/c1-8(9-5-6-9)13-14-12(16)10-3-2-4-11(15)7-10/h2-4,7,9,15H,5-6H2,1H3,(H,14,16)/b13-8-. The summed E-state index contributed by atoms with van der Waals surface area (Å²) in [5, 5.41) is 13.2. The van der Waals surface area contributed by atoms with Gasteiger partial charge in [-0.05, 0) is 43.9 Å². The minimum atomic E-state index is -0.295. The van der Waals surface area contributed by atoms with E-state index in [4.69, 9.17) is 0 Å². The Morgan fingerprint density at radius 2 is 2.25 bits per heavy atom. The SMILES string of the molecule is C/C(=N/NC(=O)c1cccc(O)c1)C1CC1. The number of rotatable bonds is 3. The Kier molecular flexibility index (Phi) is 2.90. The van der Waals surface area contributed by atoms with Gasteiger partial charge in [-0.1, -0.05) is 6.07 Å². The van der Waals surface area contributed by atoms with Gasteiger partial charge in [0.1, 0.15) is 5.75 Å². The molecule has 0 bridgehead atoms. The van der Waals surface area contributed by atoms with E-state index in [0.717, 1.165) is 18.6 Å². The molecule has 1 saturated carbocycles. The van der Waals surface area contributed by atoms with Gasteiger partial charge in [0.25, 0.3) is 5.91 Å². The highest BCUT2D eigenvalue weighted by atomic mass is 16.3. The number of carbonyl (C=O) groups is 1. The fourth-order valence-corrected chi connectivity index (χ4v) is 1.44. The predicted molar refractivity (Wildman–Crippen MR) is 61.4 cm³/mol. The summed E-state index contributed by atoms with van der Waals surface area (Å²) in [5.41, 5.74) is 3.86. The number of nitrogens with zero attached hydrogens (tertiary/aromatic N) is 1. The molecule has 1 amide bonds. The molecule has 4 nitrogen and oxygen atoms in total. The van der Waals surface area contributed by atoms with Crippen LogP contribution in [-0.2, 0) is 0 Å². The minimum Gasteiger partial charge on any atom is -0.508 e. The number of hydrazone groups is 1. The first-order chi connectivity index (χ1) is 7.66. The molecule has 0 saturated heterocycles. The van der Waals surface area contributed by atoms with Crippen LogP contribution < -0.4 is 5.43 Å². The number of hydrogen-bond acceptors (Lipinski definition) is 3. The molecule has 1 aromatic carbocycles. The molecule has 0 atom stereocenters. The van der Waals surface area contributed by atoms with Gasteiger partial charge in [-0.25, -0.2) is 5.43 Å². The van der Waals surface area contributed by atoms with E-state index >= 15 is 0 Å². The number of benzene rings is 1. The molecule has 0 unspecified atom stereocenters. The Bertz CT molecular complexity index is 436. The molecule has 0 heterocycles. The van der Waals surface area contributed by atoms with E-state index < -0.39 is 0 Å². The second-order valence-corrected chi connectivity index (χ2v) is 4.02. The van der Waals surface area contributed by atoms with Gasteiger partial charge in [-0.15, -0.1) is 0 Å². The fraction of sp³-hybridized carbons (Fsp3) is 0.333. The van der Waals surface area contributed by atoms with Crippen LogP contribution in [0.4, 0.5) is 0 Å². The smallest absolute Gasteiger partial charge is 0.271 e. The summed E-state index contributed by atoms with van der Waals surface area (Å²) in [6, 6.07) is 6.20. The van der Waals surface area contributed by atoms with Crippen LogP contribution in [0.5, 0.6) is 5.75 Å². The second-order valence-electron chi connectivity index (χ2n) is 4.02. The first kappa shape index (κ1) is 10.7. The molecule has 0 radical (unpaired) electrons. The fourth-order valence-electron chi connectivity index (χ4n) is 1.44. The van der Waals surface area contributed by atoms with Gasteiger partial charge >= 0.3 is 0 Å². The topological polar surface area (TPSA) is 61.7 Å². The Balaban J connectivity index is 2.00.